The SMILES string of the molecule is CC/C=C/OC(CCC)C1CCC(c2ccc(C#N)cc2)CC1. The fraction of sp³-hybridized carbons (Fsp3) is 0.571. The molecule has 23 heavy (non-hydrogen) atoms. The van der Waals surface area contributed by atoms with Crippen LogP contribution in [0.4, 0.5) is 0 Å². The Morgan fingerprint density at radius 3 is 2.43 bits per heavy atom. The Kier molecular flexibility index (Phi) is 7.20. The van der Waals surface area contributed by atoms with E-state index in [2.05, 4.69) is 38.1 Å². The summed E-state index contributed by atoms with van der Waals surface area (Å²) in [7, 11) is 0. The minimum absolute atomic E-state index is 0.379. The van der Waals surface area contributed by atoms with Gasteiger partial charge in [0, 0.05) is 0 Å². The molecule has 0 saturated heterocycles. The Labute approximate surface area is 141 Å². The number of hydrogen-bond donors (Lipinski definition) is 0. The molecule has 1 fully saturated rings. The van der Waals surface area contributed by atoms with Crippen molar-refractivity contribution < 1.29 is 4.74 Å². The van der Waals surface area contributed by atoms with Crippen molar-refractivity contribution in [3.63, 3.8) is 0 Å². The van der Waals surface area contributed by atoms with Crippen molar-refractivity contribution in [3.8, 4) is 6.07 Å². The van der Waals surface area contributed by atoms with Gasteiger partial charge in [0.1, 0.15) is 6.10 Å². The minimum Gasteiger partial charge on any atom is -0.498 e. The van der Waals surface area contributed by atoms with Gasteiger partial charge in [-0.15, -0.1) is 0 Å². The monoisotopic (exact) mass is 311 g/mol. The summed E-state index contributed by atoms with van der Waals surface area (Å²) in [4.78, 5) is 0. The summed E-state index contributed by atoms with van der Waals surface area (Å²) in [5.41, 5.74) is 2.14. The van der Waals surface area contributed by atoms with Crippen molar-refractivity contribution in [2.24, 2.45) is 5.92 Å². The van der Waals surface area contributed by atoms with Crippen molar-refractivity contribution in [3.05, 3.63) is 47.7 Å². The maximum absolute atomic E-state index is 8.90. The summed E-state index contributed by atoms with van der Waals surface area (Å²) in [5.74, 6) is 1.33. The van der Waals surface area contributed by atoms with Crippen LogP contribution < -0.4 is 0 Å². The number of allylic oxidation sites excluding steroid dienone is 1. The summed E-state index contributed by atoms with van der Waals surface area (Å²) < 4.78 is 6.02. The van der Waals surface area contributed by atoms with Crippen molar-refractivity contribution in [1.82, 2.24) is 0 Å². The van der Waals surface area contributed by atoms with Gasteiger partial charge in [0.05, 0.1) is 17.9 Å². The number of hydrogen-bond acceptors (Lipinski definition) is 2. The summed E-state index contributed by atoms with van der Waals surface area (Å²) in [6.45, 7) is 4.37. The summed E-state index contributed by atoms with van der Waals surface area (Å²) in [6.07, 6.45) is 12.7. The highest BCUT2D eigenvalue weighted by molar-refractivity contribution is 5.33. The fourth-order valence-corrected chi connectivity index (χ4v) is 3.61. The predicted molar refractivity (Wildman–Crippen MR) is 95.1 cm³/mol. The molecule has 0 radical (unpaired) electrons. The maximum Gasteiger partial charge on any atom is 0.101 e. The standard InChI is InChI=1S/C21H29NO/c1-3-5-15-23-21(6-4-2)20-13-11-19(12-14-20)18-9-7-17(16-22)8-10-18/h5,7-10,15,19-21H,3-4,6,11-14H2,1-2H3/b15-5+. The molecule has 1 atom stereocenters. The van der Waals surface area contributed by atoms with Gasteiger partial charge in [0.25, 0.3) is 0 Å². The van der Waals surface area contributed by atoms with Crippen LogP contribution >= 0.6 is 0 Å². The first-order valence-electron chi connectivity index (χ1n) is 9.09. The van der Waals surface area contributed by atoms with Crippen LogP contribution in [0.2, 0.25) is 0 Å². The van der Waals surface area contributed by atoms with Crippen LogP contribution in [0.1, 0.15) is 75.8 Å². The highest BCUT2D eigenvalue weighted by atomic mass is 16.5. The second-order valence-electron chi connectivity index (χ2n) is 6.59. The van der Waals surface area contributed by atoms with Gasteiger partial charge in [-0.3, -0.25) is 0 Å². The van der Waals surface area contributed by atoms with Gasteiger partial charge in [-0.25, -0.2) is 0 Å². The van der Waals surface area contributed by atoms with E-state index < -0.39 is 0 Å². The lowest BCUT2D eigenvalue weighted by atomic mass is 9.76. The molecule has 0 heterocycles. The number of rotatable bonds is 7. The molecule has 2 rings (SSSR count). The Hall–Kier alpha value is -1.75. The third kappa shape index (κ3) is 5.13. The Morgan fingerprint density at radius 1 is 1.17 bits per heavy atom. The van der Waals surface area contributed by atoms with Gasteiger partial charge in [0.15, 0.2) is 0 Å². The molecule has 1 saturated carbocycles. The largest absolute Gasteiger partial charge is 0.498 e. The first-order chi connectivity index (χ1) is 11.3. The molecular weight excluding hydrogens is 282 g/mol. The van der Waals surface area contributed by atoms with E-state index in [0.29, 0.717) is 17.9 Å². The zero-order valence-electron chi connectivity index (χ0n) is 14.5. The number of benzene rings is 1. The van der Waals surface area contributed by atoms with E-state index in [4.69, 9.17) is 10.00 Å². The van der Waals surface area contributed by atoms with Gasteiger partial charge >= 0.3 is 0 Å². The maximum atomic E-state index is 8.90. The van der Waals surface area contributed by atoms with Gasteiger partial charge in [-0.2, -0.15) is 5.26 Å². The smallest absolute Gasteiger partial charge is 0.101 e. The first-order valence-corrected chi connectivity index (χ1v) is 9.09. The van der Waals surface area contributed by atoms with Crippen molar-refractivity contribution in [2.75, 3.05) is 0 Å². The fourth-order valence-electron chi connectivity index (χ4n) is 3.61. The highest BCUT2D eigenvalue weighted by Gasteiger charge is 2.28. The molecule has 0 N–H and O–H groups in total. The van der Waals surface area contributed by atoms with Crippen LogP contribution in [0.15, 0.2) is 36.6 Å². The molecule has 1 aliphatic carbocycles. The molecule has 124 valence electrons. The third-order valence-corrected chi connectivity index (χ3v) is 4.97. The average Bonchev–Trinajstić information content (AvgIpc) is 2.61. The van der Waals surface area contributed by atoms with Crippen LogP contribution in [-0.4, -0.2) is 6.10 Å². The molecule has 0 bridgehead atoms. The minimum atomic E-state index is 0.379. The van der Waals surface area contributed by atoms with Gasteiger partial charge in [-0.05, 0) is 68.1 Å². The Bertz CT molecular complexity index is 518. The van der Waals surface area contributed by atoms with E-state index >= 15 is 0 Å². The van der Waals surface area contributed by atoms with Crippen LogP contribution in [0.25, 0.3) is 0 Å². The molecule has 1 aliphatic rings. The van der Waals surface area contributed by atoms with Crippen LogP contribution in [0, 0.1) is 17.2 Å². The van der Waals surface area contributed by atoms with E-state index in [-0.39, 0.29) is 0 Å². The van der Waals surface area contributed by atoms with E-state index in [1.54, 1.807) is 0 Å². The third-order valence-electron chi connectivity index (χ3n) is 4.97. The molecule has 2 heteroatoms. The number of nitriles is 1. The van der Waals surface area contributed by atoms with Gasteiger partial charge in [0.2, 0.25) is 0 Å². The zero-order chi connectivity index (χ0) is 16.5. The topological polar surface area (TPSA) is 33.0 Å². The quantitative estimate of drug-likeness (QED) is 0.584. The zero-order valence-corrected chi connectivity index (χ0v) is 14.5. The van der Waals surface area contributed by atoms with Crippen molar-refractivity contribution >= 4 is 0 Å². The van der Waals surface area contributed by atoms with Crippen LogP contribution in [0.5, 0.6) is 0 Å². The summed E-state index contributed by atoms with van der Waals surface area (Å²) >= 11 is 0. The molecule has 1 aromatic rings. The first kappa shape index (κ1) is 17.6. The Balaban J connectivity index is 1.90. The van der Waals surface area contributed by atoms with Gasteiger partial charge in [-0.1, -0.05) is 38.5 Å². The number of ether oxygens (including phenoxy) is 1. The summed E-state index contributed by atoms with van der Waals surface area (Å²) in [6, 6.07) is 10.3. The second kappa shape index (κ2) is 9.40. The summed E-state index contributed by atoms with van der Waals surface area (Å²) in [5, 5.41) is 8.90. The average molecular weight is 311 g/mol. The van der Waals surface area contributed by atoms with Crippen LogP contribution in [0.3, 0.4) is 0 Å². The lowest BCUT2D eigenvalue weighted by Gasteiger charge is -2.33. The van der Waals surface area contributed by atoms with Crippen molar-refractivity contribution in [1.29, 1.82) is 5.26 Å². The van der Waals surface area contributed by atoms with E-state index in [9.17, 15) is 0 Å². The lowest BCUT2D eigenvalue weighted by Crippen LogP contribution is -2.26. The highest BCUT2D eigenvalue weighted by Crippen LogP contribution is 2.38. The van der Waals surface area contributed by atoms with Gasteiger partial charge < -0.3 is 4.74 Å². The molecule has 0 amide bonds. The Morgan fingerprint density at radius 2 is 1.87 bits per heavy atom. The predicted octanol–water partition coefficient (Wildman–Crippen LogP) is 5.94. The van der Waals surface area contributed by atoms with E-state index in [1.165, 1.54) is 37.7 Å². The number of nitrogens with zero attached hydrogens (tertiary/aromatic N) is 1. The molecule has 0 spiro atoms. The molecule has 0 aliphatic heterocycles. The molecule has 0 aromatic heterocycles. The van der Waals surface area contributed by atoms with E-state index in [0.717, 1.165) is 18.4 Å². The van der Waals surface area contributed by atoms with Crippen LogP contribution in [-0.2, 0) is 4.74 Å². The molecular formula is C21H29NO. The second-order valence-corrected chi connectivity index (χ2v) is 6.59. The van der Waals surface area contributed by atoms with E-state index in [1.807, 2.05) is 18.4 Å². The molecule has 1 aromatic carbocycles. The molecule has 2 nitrogen and oxygen atoms in total. The normalized spacial score (nSPS) is 22.7. The lowest BCUT2D eigenvalue weighted by molar-refractivity contribution is 0.0555. The van der Waals surface area contributed by atoms with Crippen molar-refractivity contribution in [2.45, 2.75) is 70.8 Å². The molecule has 1 unspecified atom stereocenters.